The van der Waals surface area contributed by atoms with Crippen LogP contribution < -0.4 is 10.6 Å². The van der Waals surface area contributed by atoms with Crippen molar-refractivity contribution in [2.75, 3.05) is 31.6 Å². The first kappa shape index (κ1) is 15.1. The molecule has 128 valence electrons. The molecule has 0 radical (unpaired) electrons. The minimum Gasteiger partial charge on any atom is -0.364 e. The van der Waals surface area contributed by atoms with E-state index in [0.29, 0.717) is 12.5 Å². The Labute approximate surface area is 139 Å². The summed E-state index contributed by atoms with van der Waals surface area (Å²) in [6.07, 6.45) is 5.50. The molecule has 9 nitrogen and oxygen atoms in total. The van der Waals surface area contributed by atoms with Gasteiger partial charge >= 0.3 is 6.03 Å². The number of piperidine rings is 1. The van der Waals surface area contributed by atoms with Crippen LogP contribution in [0.1, 0.15) is 36.2 Å². The average Bonchev–Trinajstić information content (AvgIpc) is 3.35. The number of carbonyl (C=O) groups excluding carboxylic acids is 2. The van der Waals surface area contributed by atoms with E-state index in [0.717, 1.165) is 38.8 Å². The number of nitrogens with zero attached hydrogens (tertiary/aromatic N) is 6. The monoisotopic (exact) mass is 331 g/mol. The van der Waals surface area contributed by atoms with E-state index in [1.54, 1.807) is 0 Å². The van der Waals surface area contributed by atoms with Crippen LogP contribution in [-0.2, 0) is 0 Å². The Morgan fingerprint density at radius 2 is 2.17 bits per heavy atom. The van der Waals surface area contributed by atoms with E-state index in [2.05, 4.69) is 15.2 Å². The summed E-state index contributed by atoms with van der Waals surface area (Å²) < 4.78 is 0. The van der Waals surface area contributed by atoms with Gasteiger partial charge in [0.25, 0.3) is 5.91 Å². The maximum absolute atomic E-state index is 12.6. The minimum absolute atomic E-state index is 0.0549. The van der Waals surface area contributed by atoms with Crippen LogP contribution in [0.25, 0.3) is 0 Å². The standard InChI is InChI=1S/C15H21N7O2/c1-20-14(24)22(9-15(20)4-5-15)10-3-2-6-21(8-10)13-17-7-11(12(16)23)18-19-13/h7,10H,2-6,8-9H2,1H3,(H2,16,23). The fourth-order valence-corrected chi connectivity index (χ4v) is 3.73. The van der Waals surface area contributed by atoms with E-state index in [9.17, 15) is 9.59 Å². The summed E-state index contributed by atoms with van der Waals surface area (Å²) in [6, 6.07) is 0.288. The topological polar surface area (TPSA) is 109 Å². The van der Waals surface area contributed by atoms with Crippen molar-refractivity contribution in [2.24, 2.45) is 5.73 Å². The smallest absolute Gasteiger partial charge is 0.320 e. The van der Waals surface area contributed by atoms with Crippen molar-refractivity contribution in [1.82, 2.24) is 25.0 Å². The molecule has 1 unspecified atom stereocenters. The lowest BCUT2D eigenvalue weighted by Gasteiger charge is -2.37. The van der Waals surface area contributed by atoms with Crippen molar-refractivity contribution in [1.29, 1.82) is 0 Å². The summed E-state index contributed by atoms with van der Waals surface area (Å²) in [7, 11) is 1.91. The van der Waals surface area contributed by atoms with E-state index >= 15 is 0 Å². The van der Waals surface area contributed by atoms with E-state index in [4.69, 9.17) is 5.73 Å². The second-order valence-electron chi connectivity index (χ2n) is 6.94. The van der Waals surface area contributed by atoms with Crippen molar-refractivity contribution >= 4 is 17.9 Å². The molecule has 0 aromatic carbocycles. The first-order chi connectivity index (χ1) is 11.5. The normalized spacial score (nSPS) is 25.5. The van der Waals surface area contributed by atoms with Crippen molar-refractivity contribution in [2.45, 2.75) is 37.3 Å². The zero-order valence-corrected chi connectivity index (χ0v) is 13.7. The van der Waals surface area contributed by atoms with Gasteiger partial charge in [0.1, 0.15) is 0 Å². The van der Waals surface area contributed by atoms with Crippen LogP contribution in [0, 0.1) is 0 Å². The molecule has 1 atom stereocenters. The van der Waals surface area contributed by atoms with Crippen molar-refractivity contribution in [3.63, 3.8) is 0 Å². The molecule has 3 fully saturated rings. The van der Waals surface area contributed by atoms with Gasteiger partial charge in [-0.25, -0.2) is 9.78 Å². The van der Waals surface area contributed by atoms with E-state index < -0.39 is 5.91 Å². The average molecular weight is 331 g/mol. The number of likely N-dealkylation sites (N-methyl/N-ethyl adjacent to an activating group) is 1. The summed E-state index contributed by atoms with van der Waals surface area (Å²) >= 11 is 0. The summed E-state index contributed by atoms with van der Waals surface area (Å²) in [4.78, 5) is 33.8. The number of amides is 3. The zero-order valence-electron chi connectivity index (χ0n) is 13.7. The summed E-state index contributed by atoms with van der Waals surface area (Å²) in [6.45, 7) is 2.32. The number of hydrogen-bond acceptors (Lipinski definition) is 6. The quantitative estimate of drug-likeness (QED) is 0.824. The molecule has 1 aromatic rings. The van der Waals surface area contributed by atoms with Gasteiger partial charge in [-0.1, -0.05) is 0 Å². The maximum atomic E-state index is 12.6. The summed E-state index contributed by atoms with van der Waals surface area (Å²) in [5.41, 5.74) is 5.30. The Hall–Kier alpha value is -2.45. The molecular formula is C15H21N7O2. The highest BCUT2D eigenvalue weighted by Gasteiger charge is 2.57. The van der Waals surface area contributed by atoms with Crippen molar-refractivity contribution in [3.05, 3.63) is 11.9 Å². The second-order valence-corrected chi connectivity index (χ2v) is 6.94. The van der Waals surface area contributed by atoms with E-state index in [-0.39, 0.29) is 23.3 Å². The Kier molecular flexibility index (Phi) is 3.33. The molecule has 1 aliphatic carbocycles. The van der Waals surface area contributed by atoms with Crippen LogP contribution in [0.3, 0.4) is 0 Å². The van der Waals surface area contributed by atoms with Crippen LogP contribution >= 0.6 is 0 Å². The molecule has 2 N–H and O–H groups in total. The number of hydrogen-bond donors (Lipinski definition) is 1. The number of aromatic nitrogens is 3. The van der Waals surface area contributed by atoms with Gasteiger partial charge in [-0.15, -0.1) is 10.2 Å². The summed E-state index contributed by atoms with van der Waals surface area (Å²) in [5.74, 6) is -0.163. The van der Waals surface area contributed by atoms with Crippen LogP contribution in [-0.4, -0.2) is 75.2 Å². The number of nitrogens with two attached hydrogens (primary N) is 1. The number of rotatable bonds is 3. The fraction of sp³-hybridized carbons (Fsp3) is 0.667. The first-order valence-electron chi connectivity index (χ1n) is 8.29. The van der Waals surface area contributed by atoms with Gasteiger partial charge in [-0.3, -0.25) is 4.79 Å². The highest BCUT2D eigenvalue weighted by atomic mass is 16.2. The Morgan fingerprint density at radius 1 is 1.38 bits per heavy atom. The van der Waals surface area contributed by atoms with Gasteiger partial charge in [0.2, 0.25) is 5.95 Å². The lowest BCUT2D eigenvalue weighted by atomic mass is 10.0. The van der Waals surface area contributed by atoms with Gasteiger partial charge in [0, 0.05) is 26.7 Å². The SMILES string of the molecule is CN1C(=O)N(C2CCCN(c3ncc(C(N)=O)nn3)C2)CC12CC2. The van der Waals surface area contributed by atoms with Crippen molar-refractivity contribution in [3.8, 4) is 0 Å². The molecule has 2 saturated heterocycles. The largest absolute Gasteiger partial charge is 0.364 e. The highest BCUT2D eigenvalue weighted by Crippen LogP contribution is 2.46. The highest BCUT2D eigenvalue weighted by molar-refractivity contribution is 5.90. The predicted octanol–water partition coefficient (Wildman–Crippen LogP) is -0.161. The number of anilines is 1. The molecule has 9 heteroatoms. The lowest BCUT2D eigenvalue weighted by molar-refractivity contribution is 0.0994. The Bertz CT molecular complexity index is 673. The molecule has 1 spiro atoms. The van der Waals surface area contributed by atoms with E-state index in [1.165, 1.54) is 6.20 Å². The molecule has 3 aliphatic rings. The molecule has 3 amide bonds. The molecule has 0 bridgehead atoms. The molecule has 4 rings (SSSR count). The minimum atomic E-state index is -0.640. The third-order valence-electron chi connectivity index (χ3n) is 5.46. The van der Waals surface area contributed by atoms with E-state index in [1.807, 2.05) is 21.7 Å². The second kappa shape index (κ2) is 5.29. The van der Waals surface area contributed by atoms with Crippen LogP contribution in [0.2, 0.25) is 0 Å². The molecule has 1 aromatic heterocycles. The Morgan fingerprint density at radius 3 is 2.75 bits per heavy atom. The van der Waals surface area contributed by atoms with Gasteiger partial charge in [-0.05, 0) is 25.7 Å². The number of primary amides is 1. The molecule has 3 heterocycles. The number of carbonyl (C=O) groups is 2. The Balaban J connectivity index is 1.48. The van der Waals surface area contributed by atoms with Crippen LogP contribution in [0.4, 0.5) is 10.7 Å². The third-order valence-corrected chi connectivity index (χ3v) is 5.46. The molecule has 24 heavy (non-hydrogen) atoms. The lowest BCUT2D eigenvalue weighted by Crippen LogP contribution is -2.49. The predicted molar refractivity (Wildman–Crippen MR) is 85.4 cm³/mol. The fourth-order valence-electron chi connectivity index (χ4n) is 3.73. The third kappa shape index (κ3) is 2.35. The molecular weight excluding hydrogens is 310 g/mol. The van der Waals surface area contributed by atoms with Gasteiger partial charge < -0.3 is 20.4 Å². The number of urea groups is 1. The molecule has 1 saturated carbocycles. The van der Waals surface area contributed by atoms with Gasteiger partial charge in [0.05, 0.1) is 17.8 Å². The molecule has 2 aliphatic heterocycles. The maximum Gasteiger partial charge on any atom is 0.320 e. The van der Waals surface area contributed by atoms with Crippen LogP contribution in [0.15, 0.2) is 6.20 Å². The van der Waals surface area contributed by atoms with Crippen molar-refractivity contribution < 1.29 is 9.59 Å². The van der Waals surface area contributed by atoms with Gasteiger partial charge in [-0.2, -0.15) is 0 Å². The van der Waals surface area contributed by atoms with Crippen LogP contribution in [0.5, 0.6) is 0 Å². The van der Waals surface area contributed by atoms with Gasteiger partial charge in [0.15, 0.2) is 5.69 Å². The zero-order chi connectivity index (χ0) is 16.9. The first-order valence-corrected chi connectivity index (χ1v) is 8.29. The summed E-state index contributed by atoms with van der Waals surface area (Å²) in [5, 5.41) is 7.83.